The second-order valence-electron chi connectivity index (χ2n) is 7.40. The molecule has 2 rings (SSSR count). The van der Waals surface area contributed by atoms with Crippen molar-refractivity contribution >= 4 is 0 Å². The molecule has 0 amide bonds. The first-order valence-corrected chi connectivity index (χ1v) is 7.79. The van der Waals surface area contributed by atoms with Crippen LogP contribution in [0.3, 0.4) is 0 Å². The van der Waals surface area contributed by atoms with Crippen LogP contribution in [0.15, 0.2) is 36.8 Å². The summed E-state index contributed by atoms with van der Waals surface area (Å²) in [5.74, 6) is 0.762. The highest BCUT2D eigenvalue weighted by molar-refractivity contribution is 5.21. The van der Waals surface area contributed by atoms with Gasteiger partial charge in [-0.25, -0.2) is 4.98 Å². The number of nitrogens with zero attached hydrogens (tertiary/aromatic N) is 1. The van der Waals surface area contributed by atoms with Crippen molar-refractivity contribution in [3.05, 3.63) is 53.6 Å². The number of hydrogen-bond donors (Lipinski definition) is 1. The lowest BCUT2D eigenvalue weighted by Crippen LogP contribution is -2.09. The third-order valence-electron chi connectivity index (χ3n) is 3.04. The number of hydrogen-bond acceptors (Lipinski definition) is 1. The van der Waals surface area contributed by atoms with Crippen molar-refractivity contribution in [1.82, 2.24) is 9.97 Å². The van der Waals surface area contributed by atoms with Crippen LogP contribution in [0.1, 0.15) is 66.3 Å². The molecule has 0 saturated heterocycles. The molecule has 0 aliphatic carbocycles. The Morgan fingerprint density at radius 2 is 1.61 bits per heavy atom. The number of aromatic nitrogens is 2. The summed E-state index contributed by atoms with van der Waals surface area (Å²) in [6.45, 7) is 13.3. The van der Waals surface area contributed by atoms with Gasteiger partial charge in [-0.3, -0.25) is 0 Å². The van der Waals surface area contributed by atoms with E-state index in [0.29, 0.717) is 5.41 Å². The minimum absolute atomic E-state index is 0. The van der Waals surface area contributed by atoms with Crippen LogP contribution >= 0.6 is 0 Å². The SMILES string of the molecule is C.C.CC(C)(C)Cc1cnc[nH]1.Cc1ccc(CC(C)C)cc1. The van der Waals surface area contributed by atoms with E-state index in [-0.39, 0.29) is 14.9 Å². The molecule has 0 saturated carbocycles. The summed E-state index contributed by atoms with van der Waals surface area (Å²) in [6, 6.07) is 8.79. The monoisotopic (exact) mass is 318 g/mol. The first kappa shape index (κ1) is 23.7. The van der Waals surface area contributed by atoms with Crippen molar-refractivity contribution in [3.8, 4) is 0 Å². The van der Waals surface area contributed by atoms with Gasteiger partial charge >= 0.3 is 0 Å². The second kappa shape index (κ2) is 11.0. The molecule has 0 aliphatic rings. The summed E-state index contributed by atoms with van der Waals surface area (Å²) in [5, 5.41) is 0. The Labute approximate surface area is 144 Å². The molecule has 1 N–H and O–H groups in total. The molecule has 2 aromatic rings. The Balaban J connectivity index is 0. The standard InChI is InChI=1S/C11H16.C8H14N2.2CH4/c1-9(2)8-11-6-4-10(3)5-7-11;1-8(2,3)4-7-5-9-6-10-7;;/h4-7,9H,8H2,1-3H3;5-6H,4H2,1-3H3,(H,9,10);2*1H4. The van der Waals surface area contributed by atoms with Gasteiger partial charge < -0.3 is 4.98 Å². The van der Waals surface area contributed by atoms with Crippen LogP contribution in [0.4, 0.5) is 0 Å². The quantitative estimate of drug-likeness (QED) is 0.690. The van der Waals surface area contributed by atoms with Crippen LogP contribution in [0.5, 0.6) is 0 Å². The lowest BCUT2D eigenvalue weighted by Gasteiger charge is -2.15. The van der Waals surface area contributed by atoms with E-state index >= 15 is 0 Å². The fraction of sp³-hybridized carbons (Fsp3) is 0.571. The Morgan fingerprint density at radius 1 is 1.04 bits per heavy atom. The molecule has 2 nitrogen and oxygen atoms in total. The molecule has 0 unspecified atom stereocenters. The summed E-state index contributed by atoms with van der Waals surface area (Å²) in [7, 11) is 0. The average molecular weight is 319 g/mol. The van der Waals surface area contributed by atoms with E-state index in [1.54, 1.807) is 6.33 Å². The predicted octanol–water partition coefficient (Wildman–Crippen LogP) is 6.46. The van der Waals surface area contributed by atoms with E-state index in [1.165, 1.54) is 23.2 Å². The van der Waals surface area contributed by atoms with Crippen molar-refractivity contribution < 1.29 is 0 Å². The minimum Gasteiger partial charge on any atom is -0.348 e. The fourth-order valence-electron chi connectivity index (χ4n) is 2.15. The number of H-pyrrole nitrogens is 1. The van der Waals surface area contributed by atoms with E-state index in [9.17, 15) is 0 Å². The molecular formula is C21H38N2. The lowest BCUT2D eigenvalue weighted by atomic mass is 9.91. The van der Waals surface area contributed by atoms with Gasteiger partial charge in [-0.15, -0.1) is 0 Å². The zero-order chi connectivity index (χ0) is 15.9. The van der Waals surface area contributed by atoms with E-state index in [1.807, 2.05) is 6.20 Å². The molecule has 0 atom stereocenters. The van der Waals surface area contributed by atoms with Gasteiger partial charge in [-0.2, -0.15) is 0 Å². The van der Waals surface area contributed by atoms with Crippen LogP contribution in [0.2, 0.25) is 0 Å². The molecule has 0 aliphatic heterocycles. The summed E-state index contributed by atoms with van der Waals surface area (Å²) in [4.78, 5) is 7.03. The third-order valence-corrected chi connectivity index (χ3v) is 3.04. The van der Waals surface area contributed by atoms with E-state index < -0.39 is 0 Å². The predicted molar refractivity (Wildman–Crippen MR) is 105 cm³/mol. The maximum Gasteiger partial charge on any atom is 0.0921 e. The van der Waals surface area contributed by atoms with E-state index in [2.05, 4.69) is 75.8 Å². The average Bonchev–Trinajstić information content (AvgIpc) is 2.83. The van der Waals surface area contributed by atoms with E-state index in [4.69, 9.17) is 0 Å². The second-order valence-corrected chi connectivity index (χ2v) is 7.40. The minimum atomic E-state index is 0. The zero-order valence-electron chi connectivity index (χ0n) is 14.4. The molecule has 1 heterocycles. The first-order valence-electron chi connectivity index (χ1n) is 7.79. The van der Waals surface area contributed by atoms with Crippen molar-refractivity contribution in [2.45, 2.75) is 69.2 Å². The fourth-order valence-corrected chi connectivity index (χ4v) is 2.15. The molecule has 0 radical (unpaired) electrons. The maximum absolute atomic E-state index is 3.95. The molecule has 0 fully saturated rings. The van der Waals surface area contributed by atoms with Gasteiger partial charge in [-0.05, 0) is 36.7 Å². The molecule has 1 aromatic heterocycles. The Hall–Kier alpha value is -1.57. The van der Waals surface area contributed by atoms with Gasteiger partial charge in [0.25, 0.3) is 0 Å². The zero-order valence-corrected chi connectivity index (χ0v) is 14.4. The van der Waals surface area contributed by atoms with Gasteiger partial charge in [0.2, 0.25) is 0 Å². The molecule has 23 heavy (non-hydrogen) atoms. The van der Waals surface area contributed by atoms with Crippen molar-refractivity contribution in [2.24, 2.45) is 11.3 Å². The highest BCUT2D eigenvalue weighted by Gasteiger charge is 2.11. The molecule has 0 spiro atoms. The first-order chi connectivity index (χ1) is 9.76. The number of aromatic amines is 1. The van der Waals surface area contributed by atoms with Crippen LogP contribution in [-0.4, -0.2) is 9.97 Å². The van der Waals surface area contributed by atoms with Crippen LogP contribution in [0.25, 0.3) is 0 Å². The highest BCUT2D eigenvalue weighted by atomic mass is 14.9. The van der Waals surface area contributed by atoms with Crippen LogP contribution < -0.4 is 0 Å². The van der Waals surface area contributed by atoms with Crippen molar-refractivity contribution in [1.29, 1.82) is 0 Å². The number of benzene rings is 1. The lowest BCUT2D eigenvalue weighted by molar-refractivity contribution is 0.407. The number of rotatable bonds is 3. The Bertz CT molecular complexity index is 488. The molecule has 1 aromatic carbocycles. The van der Waals surface area contributed by atoms with Gasteiger partial charge in [0.15, 0.2) is 0 Å². The van der Waals surface area contributed by atoms with Gasteiger partial charge in [0, 0.05) is 11.9 Å². The number of nitrogens with one attached hydrogen (secondary N) is 1. The van der Waals surface area contributed by atoms with Crippen LogP contribution in [-0.2, 0) is 12.8 Å². The molecular weight excluding hydrogens is 280 g/mol. The molecule has 132 valence electrons. The maximum atomic E-state index is 3.95. The normalized spacial score (nSPS) is 10.2. The van der Waals surface area contributed by atoms with E-state index in [0.717, 1.165) is 12.3 Å². The Morgan fingerprint density at radius 3 is 2.00 bits per heavy atom. The van der Waals surface area contributed by atoms with Crippen LogP contribution in [0, 0.1) is 18.3 Å². The van der Waals surface area contributed by atoms with Crippen molar-refractivity contribution in [3.63, 3.8) is 0 Å². The summed E-state index contributed by atoms with van der Waals surface area (Å²) in [6.07, 6.45) is 5.86. The summed E-state index contributed by atoms with van der Waals surface area (Å²) < 4.78 is 0. The highest BCUT2D eigenvalue weighted by Crippen LogP contribution is 2.18. The van der Waals surface area contributed by atoms with Crippen molar-refractivity contribution in [2.75, 3.05) is 0 Å². The van der Waals surface area contributed by atoms with Gasteiger partial charge in [0.1, 0.15) is 0 Å². The molecule has 2 heteroatoms. The number of aryl methyl sites for hydroxylation is 1. The topological polar surface area (TPSA) is 28.7 Å². The summed E-state index contributed by atoms with van der Waals surface area (Å²) >= 11 is 0. The smallest absolute Gasteiger partial charge is 0.0921 e. The third kappa shape index (κ3) is 11.6. The Kier molecular flexibility index (Phi) is 11.4. The van der Waals surface area contributed by atoms with Gasteiger partial charge in [0.05, 0.1) is 6.33 Å². The number of imidazole rings is 1. The largest absolute Gasteiger partial charge is 0.348 e. The summed E-state index contributed by atoms with van der Waals surface area (Å²) in [5.41, 5.74) is 4.36. The van der Waals surface area contributed by atoms with Gasteiger partial charge in [-0.1, -0.05) is 79.3 Å². The molecule has 0 bridgehead atoms.